The highest BCUT2D eigenvalue weighted by atomic mass is 35.5. The zero-order valence-electron chi connectivity index (χ0n) is 13.1. The molecule has 0 radical (unpaired) electrons. The summed E-state index contributed by atoms with van der Waals surface area (Å²) in [5.41, 5.74) is 6.59. The summed E-state index contributed by atoms with van der Waals surface area (Å²) >= 11 is 1.11. The summed E-state index contributed by atoms with van der Waals surface area (Å²) in [5.74, 6) is 0.152. The maximum atomic E-state index is 13.1. The lowest BCUT2D eigenvalue weighted by Gasteiger charge is -2.16. The van der Waals surface area contributed by atoms with E-state index in [2.05, 4.69) is 4.98 Å². The van der Waals surface area contributed by atoms with E-state index in [1.807, 2.05) is 35.2 Å². The van der Waals surface area contributed by atoms with Crippen LogP contribution in [-0.2, 0) is 12.7 Å². The van der Waals surface area contributed by atoms with Crippen molar-refractivity contribution in [1.82, 2.24) is 9.88 Å². The number of alkyl halides is 3. The fourth-order valence-electron chi connectivity index (χ4n) is 3.10. The highest BCUT2D eigenvalue weighted by Crippen LogP contribution is 2.36. The number of aryl methyl sites for hydroxylation is 1. The van der Waals surface area contributed by atoms with Crippen molar-refractivity contribution in [1.29, 1.82) is 0 Å². The predicted octanol–water partition coefficient (Wildman–Crippen LogP) is 3.82. The molecule has 3 nitrogen and oxygen atoms in total. The minimum Gasteiger partial charge on any atom is -0.326 e. The molecule has 1 aromatic carbocycles. The van der Waals surface area contributed by atoms with Crippen LogP contribution in [0.15, 0.2) is 30.3 Å². The topological polar surface area (TPSA) is 42.2 Å². The fourth-order valence-corrected chi connectivity index (χ4v) is 4.10. The average molecular weight is 378 g/mol. The van der Waals surface area contributed by atoms with Gasteiger partial charge in [-0.05, 0) is 12.5 Å². The molecule has 0 unspecified atom stereocenters. The number of benzene rings is 1. The number of hydrogen-bond acceptors (Lipinski definition) is 4. The number of halogens is 4. The molecule has 0 aliphatic carbocycles. The van der Waals surface area contributed by atoms with Gasteiger partial charge in [-0.2, -0.15) is 13.2 Å². The van der Waals surface area contributed by atoms with Gasteiger partial charge in [0.15, 0.2) is 5.69 Å². The van der Waals surface area contributed by atoms with Gasteiger partial charge < -0.3 is 5.73 Å². The van der Waals surface area contributed by atoms with Gasteiger partial charge in [0.2, 0.25) is 0 Å². The lowest BCUT2D eigenvalue weighted by atomic mass is 9.95. The Morgan fingerprint density at radius 2 is 1.92 bits per heavy atom. The van der Waals surface area contributed by atoms with Gasteiger partial charge in [-0.1, -0.05) is 30.3 Å². The Balaban J connectivity index is 0.00000208. The zero-order chi connectivity index (χ0) is 16.6. The van der Waals surface area contributed by atoms with Gasteiger partial charge in [-0.25, -0.2) is 4.98 Å². The largest absolute Gasteiger partial charge is 0.434 e. The molecule has 1 aromatic heterocycles. The molecule has 2 N–H and O–H groups in total. The van der Waals surface area contributed by atoms with E-state index in [0.29, 0.717) is 18.1 Å². The molecule has 1 aliphatic heterocycles. The molecule has 1 aliphatic rings. The molecule has 0 amide bonds. The highest BCUT2D eigenvalue weighted by molar-refractivity contribution is 7.11. The van der Waals surface area contributed by atoms with E-state index in [0.717, 1.165) is 16.9 Å². The first-order valence-electron chi connectivity index (χ1n) is 7.41. The van der Waals surface area contributed by atoms with E-state index in [1.54, 1.807) is 6.92 Å². The minimum absolute atomic E-state index is 0. The summed E-state index contributed by atoms with van der Waals surface area (Å²) < 4.78 is 39.2. The van der Waals surface area contributed by atoms with Crippen molar-refractivity contribution in [3.05, 3.63) is 51.5 Å². The summed E-state index contributed by atoms with van der Waals surface area (Å²) in [5, 5.41) is 0.440. The predicted molar refractivity (Wildman–Crippen MR) is 91.5 cm³/mol. The second kappa shape index (κ2) is 7.39. The lowest BCUT2D eigenvalue weighted by Crippen LogP contribution is -2.28. The van der Waals surface area contributed by atoms with E-state index in [9.17, 15) is 13.2 Å². The van der Waals surface area contributed by atoms with Gasteiger partial charge in [0.1, 0.15) is 0 Å². The smallest absolute Gasteiger partial charge is 0.326 e. The van der Waals surface area contributed by atoms with Crippen LogP contribution in [0.2, 0.25) is 0 Å². The van der Waals surface area contributed by atoms with E-state index < -0.39 is 11.9 Å². The van der Waals surface area contributed by atoms with Gasteiger partial charge in [-0.3, -0.25) is 4.90 Å². The first-order valence-corrected chi connectivity index (χ1v) is 8.22. The van der Waals surface area contributed by atoms with Crippen molar-refractivity contribution in [2.45, 2.75) is 31.6 Å². The van der Waals surface area contributed by atoms with Gasteiger partial charge in [0.25, 0.3) is 0 Å². The maximum Gasteiger partial charge on any atom is 0.434 e. The molecule has 2 atom stereocenters. The molecular weight excluding hydrogens is 359 g/mol. The molecule has 0 spiro atoms. The average Bonchev–Trinajstić information content (AvgIpc) is 3.03. The third-order valence-corrected chi connectivity index (χ3v) is 5.06. The van der Waals surface area contributed by atoms with Crippen LogP contribution in [0.1, 0.15) is 27.1 Å². The number of hydrogen-bond donors (Lipinski definition) is 1. The second-order valence-corrected chi connectivity index (χ2v) is 7.17. The molecule has 0 saturated carbocycles. The number of rotatable bonds is 3. The van der Waals surface area contributed by atoms with Crippen LogP contribution in [0.25, 0.3) is 0 Å². The van der Waals surface area contributed by atoms with Gasteiger partial charge >= 0.3 is 6.18 Å². The molecule has 132 valence electrons. The first-order chi connectivity index (χ1) is 10.8. The third kappa shape index (κ3) is 4.08. The van der Waals surface area contributed by atoms with Crippen LogP contribution < -0.4 is 5.73 Å². The SMILES string of the molecule is Cc1nc(C(F)(F)F)c(CN2C[C@@H](N)[C@H](c3ccccc3)C2)s1.Cl. The zero-order valence-corrected chi connectivity index (χ0v) is 14.7. The maximum absolute atomic E-state index is 13.1. The Kier molecular flexibility index (Phi) is 5.91. The number of likely N-dealkylation sites (tertiary alicyclic amines) is 1. The molecular formula is C16H19ClF3N3S. The van der Waals surface area contributed by atoms with E-state index in [1.165, 1.54) is 0 Å². The van der Waals surface area contributed by atoms with Crippen LogP contribution in [0, 0.1) is 6.92 Å². The number of aromatic nitrogens is 1. The highest BCUT2D eigenvalue weighted by Gasteiger charge is 2.38. The molecule has 0 bridgehead atoms. The van der Waals surface area contributed by atoms with Crippen LogP contribution in [0.5, 0.6) is 0 Å². The van der Waals surface area contributed by atoms with E-state index in [-0.39, 0.29) is 35.8 Å². The van der Waals surface area contributed by atoms with Crippen molar-refractivity contribution >= 4 is 23.7 Å². The van der Waals surface area contributed by atoms with Crippen LogP contribution in [0.3, 0.4) is 0 Å². The monoisotopic (exact) mass is 377 g/mol. The summed E-state index contributed by atoms with van der Waals surface area (Å²) in [7, 11) is 0. The molecule has 2 heterocycles. The van der Waals surface area contributed by atoms with Gasteiger partial charge in [-0.15, -0.1) is 23.7 Å². The Hall–Kier alpha value is -1.15. The Morgan fingerprint density at radius 3 is 2.54 bits per heavy atom. The lowest BCUT2D eigenvalue weighted by molar-refractivity contribution is -0.141. The van der Waals surface area contributed by atoms with Crippen LogP contribution in [0.4, 0.5) is 13.2 Å². The summed E-state index contributed by atoms with van der Waals surface area (Å²) in [6.45, 7) is 3.11. The number of thiazole rings is 1. The Bertz CT molecular complexity index is 675. The minimum atomic E-state index is -4.40. The van der Waals surface area contributed by atoms with E-state index >= 15 is 0 Å². The van der Waals surface area contributed by atoms with Crippen LogP contribution >= 0.6 is 23.7 Å². The summed E-state index contributed by atoms with van der Waals surface area (Å²) in [6, 6.07) is 9.83. The standard InChI is InChI=1S/C16H18F3N3S.ClH/c1-10-21-15(16(17,18)19)14(23-10)9-22-7-12(13(20)8-22)11-5-3-2-4-6-11;/h2-6,12-13H,7-9,20H2,1H3;1H/t12-,13+;/m0./s1. The molecule has 8 heteroatoms. The molecule has 1 saturated heterocycles. The van der Waals surface area contributed by atoms with Crippen molar-refractivity contribution in [3.63, 3.8) is 0 Å². The molecule has 1 fully saturated rings. The normalized spacial score (nSPS) is 21.7. The molecule has 3 rings (SSSR count). The van der Waals surface area contributed by atoms with Gasteiger partial charge in [0, 0.05) is 31.6 Å². The molecule has 24 heavy (non-hydrogen) atoms. The summed E-state index contributed by atoms with van der Waals surface area (Å²) in [6.07, 6.45) is -4.40. The fraction of sp³-hybridized carbons (Fsp3) is 0.438. The number of nitrogens with zero attached hydrogens (tertiary/aromatic N) is 2. The van der Waals surface area contributed by atoms with Crippen molar-refractivity contribution in [2.24, 2.45) is 5.73 Å². The van der Waals surface area contributed by atoms with Crippen molar-refractivity contribution in [3.8, 4) is 0 Å². The van der Waals surface area contributed by atoms with Crippen LogP contribution in [-0.4, -0.2) is 29.0 Å². The quantitative estimate of drug-likeness (QED) is 0.884. The Morgan fingerprint density at radius 1 is 1.25 bits per heavy atom. The Labute approximate surface area is 149 Å². The molecule has 2 aromatic rings. The third-order valence-electron chi connectivity index (χ3n) is 4.11. The van der Waals surface area contributed by atoms with Crippen molar-refractivity contribution < 1.29 is 13.2 Å². The van der Waals surface area contributed by atoms with Crippen molar-refractivity contribution in [2.75, 3.05) is 13.1 Å². The first kappa shape index (κ1) is 19.2. The second-order valence-electron chi connectivity index (χ2n) is 5.88. The van der Waals surface area contributed by atoms with Gasteiger partial charge in [0.05, 0.1) is 9.88 Å². The summed E-state index contributed by atoms with van der Waals surface area (Å²) in [4.78, 5) is 5.92. The van der Waals surface area contributed by atoms with E-state index in [4.69, 9.17) is 5.73 Å². The number of nitrogens with two attached hydrogens (primary N) is 1.